The van der Waals surface area contributed by atoms with Crippen LogP contribution in [0, 0.1) is 22.9 Å². The number of carbonyl (C=O) groups is 1. The van der Waals surface area contributed by atoms with Crippen molar-refractivity contribution in [1.82, 2.24) is 0 Å². The molecule has 0 atom stereocenters. The first-order chi connectivity index (χ1) is 9.88. The van der Waals surface area contributed by atoms with Gasteiger partial charge in [0.2, 0.25) is 5.82 Å². The minimum atomic E-state index is -0.976. The van der Waals surface area contributed by atoms with Crippen molar-refractivity contribution in [3.05, 3.63) is 67.9 Å². The maximum atomic E-state index is 13.2. The standard InChI is InChI=1S/C14H10BrFN2O3/c1-8-6-10(15)3-5-12(8)17-14(19)9-2-4-11(16)13(7-9)18(20)21/h2-7H,1H3,(H,17,19). The number of aryl methyl sites for hydroxylation is 1. The Balaban J connectivity index is 2.28. The van der Waals surface area contributed by atoms with Crippen LogP contribution in [0.5, 0.6) is 0 Å². The van der Waals surface area contributed by atoms with Crippen LogP contribution in [0.1, 0.15) is 15.9 Å². The molecule has 5 nitrogen and oxygen atoms in total. The molecule has 0 aliphatic carbocycles. The van der Waals surface area contributed by atoms with Crippen LogP contribution < -0.4 is 5.32 Å². The van der Waals surface area contributed by atoms with Crippen molar-refractivity contribution in [3.8, 4) is 0 Å². The average molecular weight is 353 g/mol. The fourth-order valence-corrected chi connectivity index (χ4v) is 2.23. The molecule has 0 spiro atoms. The molecule has 1 N–H and O–H groups in total. The lowest BCUT2D eigenvalue weighted by molar-refractivity contribution is -0.387. The second-order valence-electron chi connectivity index (χ2n) is 4.34. The summed E-state index contributed by atoms with van der Waals surface area (Å²) in [6, 6.07) is 8.31. The van der Waals surface area contributed by atoms with Gasteiger partial charge in [-0.1, -0.05) is 15.9 Å². The molecule has 1 amide bonds. The molecule has 0 heterocycles. The van der Waals surface area contributed by atoms with E-state index in [4.69, 9.17) is 0 Å². The number of carbonyl (C=O) groups excluding carboxylic acids is 1. The van der Waals surface area contributed by atoms with Gasteiger partial charge in [-0.2, -0.15) is 4.39 Å². The van der Waals surface area contributed by atoms with Crippen LogP contribution in [-0.4, -0.2) is 10.8 Å². The molecule has 2 aromatic carbocycles. The first kappa shape index (κ1) is 15.1. The SMILES string of the molecule is Cc1cc(Br)ccc1NC(=O)c1ccc(F)c([N+](=O)[O-])c1. The van der Waals surface area contributed by atoms with Gasteiger partial charge in [0.1, 0.15) is 0 Å². The van der Waals surface area contributed by atoms with Gasteiger partial charge in [-0.25, -0.2) is 0 Å². The number of amides is 1. The van der Waals surface area contributed by atoms with E-state index in [0.717, 1.165) is 22.2 Å². The van der Waals surface area contributed by atoms with E-state index in [1.807, 2.05) is 13.0 Å². The Hall–Kier alpha value is -2.28. The Morgan fingerprint density at radius 2 is 2.00 bits per heavy atom. The number of anilines is 1. The van der Waals surface area contributed by atoms with Gasteiger partial charge in [0.15, 0.2) is 0 Å². The highest BCUT2D eigenvalue weighted by Gasteiger charge is 2.17. The molecule has 0 aliphatic heterocycles. The summed E-state index contributed by atoms with van der Waals surface area (Å²) in [4.78, 5) is 21.9. The van der Waals surface area contributed by atoms with Crippen LogP contribution in [-0.2, 0) is 0 Å². The zero-order valence-electron chi connectivity index (χ0n) is 10.9. The van der Waals surface area contributed by atoms with Gasteiger partial charge in [-0.05, 0) is 42.8 Å². The van der Waals surface area contributed by atoms with Gasteiger partial charge in [0.25, 0.3) is 5.91 Å². The monoisotopic (exact) mass is 352 g/mol. The molecule has 21 heavy (non-hydrogen) atoms. The summed E-state index contributed by atoms with van der Waals surface area (Å²) in [5.74, 6) is -1.51. The van der Waals surface area contributed by atoms with Crippen molar-refractivity contribution in [2.24, 2.45) is 0 Å². The summed E-state index contributed by atoms with van der Waals surface area (Å²) in [5, 5.41) is 13.3. The summed E-state index contributed by atoms with van der Waals surface area (Å²) in [6.07, 6.45) is 0. The third kappa shape index (κ3) is 3.43. The highest BCUT2D eigenvalue weighted by atomic mass is 79.9. The molecule has 0 fully saturated rings. The minimum absolute atomic E-state index is 0.0189. The quantitative estimate of drug-likeness (QED) is 0.668. The van der Waals surface area contributed by atoms with Crippen LogP contribution in [0.2, 0.25) is 0 Å². The van der Waals surface area contributed by atoms with Crippen LogP contribution in [0.4, 0.5) is 15.8 Å². The molecule has 2 aromatic rings. The van der Waals surface area contributed by atoms with E-state index in [1.165, 1.54) is 6.07 Å². The number of hydrogen-bond donors (Lipinski definition) is 1. The highest BCUT2D eigenvalue weighted by molar-refractivity contribution is 9.10. The predicted molar refractivity (Wildman–Crippen MR) is 79.9 cm³/mol. The number of hydrogen-bond acceptors (Lipinski definition) is 3. The predicted octanol–water partition coefficient (Wildman–Crippen LogP) is 4.06. The minimum Gasteiger partial charge on any atom is -0.322 e. The maximum absolute atomic E-state index is 13.2. The summed E-state index contributed by atoms with van der Waals surface area (Å²) < 4.78 is 14.1. The van der Waals surface area contributed by atoms with E-state index in [-0.39, 0.29) is 5.56 Å². The van der Waals surface area contributed by atoms with Gasteiger partial charge in [0.05, 0.1) is 4.92 Å². The van der Waals surface area contributed by atoms with Crippen molar-refractivity contribution in [3.63, 3.8) is 0 Å². The summed E-state index contributed by atoms with van der Waals surface area (Å²) >= 11 is 3.31. The fourth-order valence-electron chi connectivity index (χ4n) is 1.76. The van der Waals surface area contributed by atoms with Crippen molar-refractivity contribution < 1.29 is 14.1 Å². The molecule has 2 rings (SSSR count). The Bertz CT molecular complexity index is 734. The van der Waals surface area contributed by atoms with Gasteiger partial charge in [-0.3, -0.25) is 14.9 Å². The Morgan fingerprint density at radius 1 is 1.29 bits per heavy atom. The van der Waals surface area contributed by atoms with Crippen molar-refractivity contribution >= 4 is 33.2 Å². The third-order valence-corrected chi connectivity index (χ3v) is 3.33. The van der Waals surface area contributed by atoms with Crippen LogP contribution in [0.15, 0.2) is 40.9 Å². The number of nitro benzene ring substituents is 1. The maximum Gasteiger partial charge on any atom is 0.305 e. The molecule has 0 radical (unpaired) electrons. The Kier molecular flexibility index (Phi) is 4.32. The zero-order valence-corrected chi connectivity index (χ0v) is 12.5. The van der Waals surface area contributed by atoms with E-state index >= 15 is 0 Å². The molecule has 0 aliphatic rings. The number of nitrogens with one attached hydrogen (secondary N) is 1. The first-order valence-corrected chi connectivity index (χ1v) is 6.69. The molecule has 7 heteroatoms. The number of nitro groups is 1. The summed E-state index contributed by atoms with van der Waals surface area (Å²) in [6.45, 7) is 1.81. The third-order valence-electron chi connectivity index (χ3n) is 2.84. The Morgan fingerprint density at radius 3 is 2.62 bits per heavy atom. The number of benzene rings is 2. The van der Waals surface area contributed by atoms with Crippen LogP contribution in [0.3, 0.4) is 0 Å². The lowest BCUT2D eigenvalue weighted by Gasteiger charge is -2.08. The molecular weight excluding hydrogens is 343 g/mol. The van der Waals surface area contributed by atoms with Crippen molar-refractivity contribution in [2.45, 2.75) is 6.92 Å². The first-order valence-electron chi connectivity index (χ1n) is 5.90. The van der Waals surface area contributed by atoms with Crippen molar-refractivity contribution in [2.75, 3.05) is 5.32 Å². The Labute approximate surface area is 128 Å². The lowest BCUT2D eigenvalue weighted by atomic mass is 10.1. The largest absolute Gasteiger partial charge is 0.322 e. The fraction of sp³-hybridized carbons (Fsp3) is 0.0714. The van der Waals surface area contributed by atoms with E-state index in [0.29, 0.717) is 5.69 Å². The smallest absolute Gasteiger partial charge is 0.305 e. The lowest BCUT2D eigenvalue weighted by Crippen LogP contribution is -2.13. The van der Waals surface area contributed by atoms with Crippen molar-refractivity contribution in [1.29, 1.82) is 0 Å². The van der Waals surface area contributed by atoms with Gasteiger partial charge in [0, 0.05) is 21.8 Å². The molecule has 0 aromatic heterocycles. The zero-order chi connectivity index (χ0) is 15.6. The number of nitrogens with zero attached hydrogens (tertiary/aromatic N) is 1. The van der Waals surface area contributed by atoms with Gasteiger partial charge >= 0.3 is 5.69 Å². The molecular formula is C14H10BrFN2O3. The van der Waals surface area contributed by atoms with E-state index < -0.39 is 22.3 Å². The molecule has 0 saturated heterocycles. The van der Waals surface area contributed by atoms with E-state index in [1.54, 1.807) is 12.1 Å². The highest BCUT2D eigenvalue weighted by Crippen LogP contribution is 2.22. The van der Waals surface area contributed by atoms with Gasteiger partial charge in [-0.15, -0.1) is 0 Å². The number of halogens is 2. The topological polar surface area (TPSA) is 72.2 Å². The average Bonchev–Trinajstić information content (AvgIpc) is 2.42. The van der Waals surface area contributed by atoms with Crippen LogP contribution in [0.25, 0.3) is 0 Å². The second-order valence-corrected chi connectivity index (χ2v) is 5.25. The summed E-state index contributed by atoms with van der Waals surface area (Å²) in [7, 11) is 0. The van der Waals surface area contributed by atoms with E-state index in [2.05, 4.69) is 21.2 Å². The molecule has 0 saturated carbocycles. The van der Waals surface area contributed by atoms with Gasteiger partial charge < -0.3 is 5.32 Å². The second kappa shape index (κ2) is 6.01. The van der Waals surface area contributed by atoms with Crippen LogP contribution >= 0.6 is 15.9 Å². The normalized spacial score (nSPS) is 10.2. The number of rotatable bonds is 3. The molecule has 0 bridgehead atoms. The molecule has 0 unspecified atom stereocenters. The summed E-state index contributed by atoms with van der Waals surface area (Å²) in [5.41, 5.74) is 0.699. The van der Waals surface area contributed by atoms with E-state index in [9.17, 15) is 19.3 Å². The molecule has 108 valence electrons.